The molecule has 0 aromatic rings. The Labute approximate surface area is 97.5 Å². The molecule has 94 valence electrons. The molecule has 0 unspecified atom stereocenters. The van der Waals surface area contributed by atoms with E-state index in [0.717, 1.165) is 6.08 Å². The zero-order valence-corrected chi connectivity index (χ0v) is 9.10. The highest BCUT2D eigenvalue weighted by atomic mass is 16.4. The largest absolute Gasteiger partial charge is 0.480 e. The number of hydrogen-bond acceptors (Lipinski definition) is 4. The summed E-state index contributed by atoms with van der Waals surface area (Å²) < 4.78 is 0. The van der Waals surface area contributed by atoms with Crippen molar-refractivity contribution >= 4 is 17.8 Å². The van der Waals surface area contributed by atoms with Crippen LogP contribution in [0.1, 0.15) is 12.8 Å². The smallest absolute Gasteiger partial charge is 0.329 e. The average molecular weight is 242 g/mol. The van der Waals surface area contributed by atoms with Gasteiger partial charge in [-0.05, 0) is 25.9 Å². The SMILES string of the molecule is O=C(O)/C=C\C(=O)NC1(C(=O)O)CCNCC1. The summed E-state index contributed by atoms with van der Waals surface area (Å²) in [5.74, 6) is -3.07. The van der Waals surface area contributed by atoms with E-state index in [1.54, 1.807) is 0 Å². The number of hydrogen-bond donors (Lipinski definition) is 4. The molecular formula is C10H14N2O5. The van der Waals surface area contributed by atoms with E-state index >= 15 is 0 Å². The fraction of sp³-hybridized carbons (Fsp3) is 0.500. The summed E-state index contributed by atoms with van der Waals surface area (Å²) in [5, 5.41) is 22.8. The van der Waals surface area contributed by atoms with Crippen LogP contribution in [0.2, 0.25) is 0 Å². The van der Waals surface area contributed by atoms with Gasteiger partial charge in [0.2, 0.25) is 5.91 Å². The first-order chi connectivity index (χ1) is 7.96. The highest BCUT2D eigenvalue weighted by Gasteiger charge is 2.40. The molecule has 4 N–H and O–H groups in total. The second-order valence-corrected chi connectivity index (χ2v) is 3.80. The van der Waals surface area contributed by atoms with Gasteiger partial charge in [-0.15, -0.1) is 0 Å². The second kappa shape index (κ2) is 5.44. The summed E-state index contributed by atoms with van der Waals surface area (Å²) in [7, 11) is 0. The Bertz CT molecular complexity index is 358. The number of carbonyl (C=O) groups is 3. The van der Waals surface area contributed by atoms with Crippen molar-refractivity contribution < 1.29 is 24.6 Å². The highest BCUT2D eigenvalue weighted by molar-refractivity contribution is 5.96. The lowest BCUT2D eigenvalue weighted by molar-refractivity contribution is -0.148. The minimum Gasteiger partial charge on any atom is -0.480 e. The van der Waals surface area contributed by atoms with E-state index in [1.165, 1.54) is 0 Å². The molecule has 0 spiro atoms. The van der Waals surface area contributed by atoms with Crippen molar-refractivity contribution in [3.63, 3.8) is 0 Å². The lowest BCUT2D eigenvalue weighted by Gasteiger charge is -2.33. The second-order valence-electron chi connectivity index (χ2n) is 3.80. The van der Waals surface area contributed by atoms with Gasteiger partial charge in [-0.25, -0.2) is 9.59 Å². The Morgan fingerprint density at radius 2 is 1.71 bits per heavy atom. The fourth-order valence-electron chi connectivity index (χ4n) is 1.67. The molecule has 1 saturated heterocycles. The van der Waals surface area contributed by atoms with E-state index in [9.17, 15) is 14.4 Å². The molecular weight excluding hydrogens is 228 g/mol. The summed E-state index contributed by atoms with van der Waals surface area (Å²) in [4.78, 5) is 32.8. The lowest BCUT2D eigenvalue weighted by Crippen LogP contribution is -2.59. The van der Waals surface area contributed by atoms with Crippen LogP contribution in [-0.2, 0) is 14.4 Å². The van der Waals surface area contributed by atoms with Gasteiger partial charge in [0.25, 0.3) is 0 Å². The molecule has 0 aromatic carbocycles. The summed E-state index contributed by atoms with van der Waals surface area (Å²) >= 11 is 0. The topological polar surface area (TPSA) is 116 Å². The number of nitrogens with one attached hydrogen (secondary N) is 2. The van der Waals surface area contributed by atoms with Crippen molar-refractivity contribution in [1.82, 2.24) is 10.6 Å². The van der Waals surface area contributed by atoms with Crippen molar-refractivity contribution in [3.05, 3.63) is 12.2 Å². The monoisotopic (exact) mass is 242 g/mol. The number of rotatable bonds is 4. The van der Waals surface area contributed by atoms with Gasteiger partial charge >= 0.3 is 11.9 Å². The Balaban J connectivity index is 2.70. The maximum absolute atomic E-state index is 11.4. The van der Waals surface area contributed by atoms with Crippen LogP contribution >= 0.6 is 0 Å². The van der Waals surface area contributed by atoms with Gasteiger partial charge in [0.05, 0.1) is 0 Å². The van der Waals surface area contributed by atoms with E-state index in [0.29, 0.717) is 19.2 Å². The molecule has 0 atom stereocenters. The Morgan fingerprint density at radius 1 is 1.12 bits per heavy atom. The van der Waals surface area contributed by atoms with Gasteiger partial charge < -0.3 is 20.8 Å². The minimum atomic E-state index is -1.30. The molecule has 1 fully saturated rings. The predicted octanol–water partition coefficient (Wildman–Crippen LogP) is -1.05. The van der Waals surface area contributed by atoms with Gasteiger partial charge in [-0.3, -0.25) is 4.79 Å². The molecule has 0 aromatic heterocycles. The van der Waals surface area contributed by atoms with Crippen LogP contribution in [-0.4, -0.2) is 46.7 Å². The first-order valence-corrected chi connectivity index (χ1v) is 5.13. The minimum absolute atomic E-state index is 0.273. The van der Waals surface area contributed by atoms with Gasteiger partial charge in [0.1, 0.15) is 5.54 Å². The first-order valence-electron chi connectivity index (χ1n) is 5.13. The van der Waals surface area contributed by atoms with Crippen LogP contribution in [0.25, 0.3) is 0 Å². The van der Waals surface area contributed by atoms with Crippen molar-refractivity contribution in [3.8, 4) is 0 Å². The molecule has 1 rings (SSSR count). The van der Waals surface area contributed by atoms with Crippen molar-refractivity contribution in [2.45, 2.75) is 18.4 Å². The standard InChI is InChI=1S/C10H14N2O5/c13-7(1-2-8(14)15)12-10(9(16)17)3-5-11-6-4-10/h1-2,11H,3-6H2,(H,12,13)(H,14,15)(H,16,17)/b2-1-. The first kappa shape index (κ1) is 13.2. The number of amides is 1. The maximum atomic E-state index is 11.4. The zero-order valence-electron chi connectivity index (χ0n) is 9.10. The number of carbonyl (C=O) groups excluding carboxylic acids is 1. The average Bonchev–Trinajstić information content (AvgIpc) is 2.27. The van der Waals surface area contributed by atoms with Crippen LogP contribution in [0.3, 0.4) is 0 Å². The molecule has 1 amide bonds. The Kier molecular flexibility index (Phi) is 4.22. The van der Waals surface area contributed by atoms with Crippen LogP contribution in [0.5, 0.6) is 0 Å². The molecule has 1 aliphatic rings. The van der Waals surface area contributed by atoms with Gasteiger partial charge in [-0.2, -0.15) is 0 Å². The number of carboxylic acids is 2. The Morgan fingerprint density at radius 3 is 2.18 bits per heavy atom. The molecule has 7 nitrogen and oxygen atoms in total. The van der Waals surface area contributed by atoms with E-state index in [-0.39, 0.29) is 12.8 Å². The zero-order chi connectivity index (χ0) is 12.9. The molecule has 0 saturated carbocycles. The van der Waals surface area contributed by atoms with E-state index < -0.39 is 23.4 Å². The molecule has 0 aliphatic carbocycles. The van der Waals surface area contributed by atoms with Crippen molar-refractivity contribution in [2.24, 2.45) is 0 Å². The molecule has 17 heavy (non-hydrogen) atoms. The summed E-state index contributed by atoms with van der Waals surface area (Å²) in [6.45, 7) is 0.991. The number of aliphatic carboxylic acids is 2. The molecule has 7 heteroatoms. The third kappa shape index (κ3) is 3.56. The van der Waals surface area contributed by atoms with Crippen LogP contribution in [0, 0.1) is 0 Å². The maximum Gasteiger partial charge on any atom is 0.329 e. The summed E-state index contributed by atoms with van der Waals surface area (Å²) in [5.41, 5.74) is -1.30. The van der Waals surface area contributed by atoms with Gasteiger partial charge in [-0.1, -0.05) is 0 Å². The number of carboxylic acid groups (broad SMARTS) is 2. The quantitative estimate of drug-likeness (QED) is 0.467. The van der Waals surface area contributed by atoms with E-state index in [2.05, 4.69) is 10.6 Å². The molecule has 0 bridgehead atoms. The summed E-state index contributed by atoms with van der Waals surface area (Å²) in [6, 6.07) is 0. The van der Waals surface area contributed by atoms with Crippen molar-refractivity contribution in [1.29, 1.82) is 0 Å². The van der Waals surface area contributed by atoms with E-state index in [1.807, 2.05) is 0 Å². The van der Waals surface area contributed by atoms with Crippen molar-refractivity contribution in [2.75, 3.05) is 13.1 Å². The molecule has 1 heterocycles. The van der Waals surface area contributed by atoms with Crippen LogP contribution < -0.4 is 10.6 Å². The predicted molar refractivity (Wildman–Crippen MR) is 57.4 cm³/mol. The third-order valence-electron chi connectivity index (χ3n) is 2.61. The third-order valence-corrected chi connectivity index (χ3v) is 2.61. The van der Waals surface area contributed by atoms with Crippen LogP contribution in [0.15, 0.2) is 12.2 Å². The fourth-order valence-corrected chi connectivity index (χ4v) is 1.67. The lowest BCUT2D eigenvalue weighted by atomic mass is 9.88. The summed E-state index contributed by atoms with van der Waals surface area (Å²) in [6.07, 6.45) is 2.03. The van der Waals surface area contributed by atoms with Gasteiger partial charge in [0, 0.05) is 12.2 Å². The highest BCUT2D eigenvalue weighted by Crippen LogP contribution is 2.18. The van der Waals surface area contributed by atoms with Crippen LogP contribution in [0.4, 0.5) is 0 Å². The normalized spacial score (nSPS) is 18.8. The van der Waals surface area contributed by atoms with Gasteiger partial charge in [0.15, 0.2) is 0 Å². The number of piperidine rings is 1. The van der Waals surface area contributed by atoms with E-state index in [4.69, 9.17) is 10.2 Å². The Hall–Kier alpha value is -1.89. The molecule has 0 radical (unpaired) electrons. The molecule has 1 aliphatic heterocycles.